The standard InChI is InChI=1S/C10H20F3NO/c1-4-8(5-2)7(3)14-6-9(15)10(11,12)13/h7-9,14-15H,4-6H2,1-3H3. The Morgan fingerprint density at radius 2 is 1.67 bits per heavy atom. The highest BCUT2D eigenvalue weighted by Crippen LogP contribution is 2.20. The maximum absolute atomic E-state index is 12.0. The van der Waals surface area contributed by atoms with Crippen molar-refractivity contribution in [3.05, 3.63) is 0 Å². The molecule has 15 heavy (non-hydrogen) atoms. The lowest BCUT2D eigenvalue weighted by molar-refractivity contribution is -0.202. The number of rotatable bonds is 6. The van der Waals surface area contributed by atoms with Gasteiger partial charge in [0.05, 0.1) is 0 Å². The van der Waals surface area contributed by atoms with Gasteiger partial charge in [-0.25, -0.2) is 0 Å². The van der Waals surface area contributed by atoms with Crippen molar-refractivity contribution < 1.29 is 18.3 Å². The van der Waals surface area contributed by atoms with E-state index in [4.69, 9.17) is 5.11 Å². The van der Waals surface area contributed by atoms with Crippen molar-refractivity contribution in [1.29, 1.82) is 0 Å². The molecule has 0 aromatic carbocycles. The van der Waals surface area contributed by atoms with Crippen LogP contribution in [0, 0.1) is 5.92 Å². The average Bonchev–Trinajstić information content (AvgIpc) is 2.14. The van der Waals surface area contributed by atoms with Crippen LogP contribution < -0.4 is 5.32 Å². The molecule has 0 aliphatic carbocycles. The van der Waals surface area contributed by atoms with Crippen LogP contribution in [0.4, 0.5) is 13.2 Å². The molecule has 0 saturated carbocycles. The molecule has 2 unspecified atom stereocenters. The first-order chi connectivity index (χ1) is 6.82. The second-order valence-corrected chi connectivity index (χ2v) is 3.83. The minimum Gasteiger partial charge on any atom is -0.382 e. The van der Waals surface area contributed by atoms with E-state index < -0.39 is 18.8 Å². The lowest BCUT2D eigenvalue weighted by Crippen LogP contribution is -2.43. The molecule has 0 aliphatic rings. The summed E-state index contributed by atoms with van der Waals surface area (Å²) in [6.45, 7) is 5.43. The fourth-order valence-electron chi connectivity index (χ4n) is 1.58. The molecule has 0 radical (unpaired) electrons. The Bertz CT molecular complexity index is 169. The smallest absolute Gasteiger partial charge is 0.382 e. The van der Waals surface area contributed by atoms with Gasteiger partial charge in [0, 0.05) is 12.6 Å². The first-order valence-electron chi connectivity index (χ1n) is 5.31. The third kappa shape index (κ3) is 5.37. The average molecular weight is 227 g/mol. The molecule has 2 N–H and O–H groups in total. The van der Waals surface area contributed by atoms with Gasteiger partial charge in [0.2, 0.25) is 0 Å². The SMILES string of the molecule is CCC(CC)C(C)NCC(O)C(F)(F)F. The molecule has 2 atom stereocenters. The zero-order valence-corrected chi connectivity index (χ0v) is 9.43. The topological polar surface area (TPSA) is 32.3 Å². The van der Waals surface area contributed by atoms with E-state index >= 15 is 0 Å². The third-order valence-corrected chi connectivity index (χ3v) is 2.77. The number of aliphatic hydroxyl groups excluding tert-OH is 1. The van der Waals surface area contributed by atoms with Crippen molar-refractivity contribution in [1.82, 2.24) is 5.32 Å². The van der Waals surface area contributed by atoms with Crippen LogP contribution in [-0.2, 0) is 0 Å². The molecular formula is C10H20F3NO. The second-order valence-electron chi connectivity index (χ2n) is 3.83. The maximum atomic E-state index is 12.0. The van der Waals surface area contributed by atoms with Gasteiger partial charge in [-0.1, -0.05) is 26.7 Å². The minimum absolute atomic E-state index is 0.00278. The summed E-state index contributed by atoms with van der Waals surface area (Å²) in [7, 11) is 0. The highest BCUT2D eigenvalue weighted by atomic mass is 19.4. The Morgan fingerprint density at radius 1 is 1.20 bits per heavy atom. The number of halogens is 3. The van der Waals surface area contributed by atoms with E-state index in [-0.39, 0.29) is 6.04 Å². The Labute approximate surface area is 88.9 Å². The molecule has 0 bridgehead atoms. The third-order valence-electron chi connectivity index (χ3n) is 2.77. The van der Waals surface area contributed by atoms with E-state index in [1.54, 1.807) is 0 Å². The molecule has 92 valence electrons. The fraction of sp³-hybridized carbons (Fsp3) is 1.00. The summed E-state index contributed by atoms with van der Waals surface area (Å²) < 4.78 is 35.9. The highest BCUT2D eigenvalue weighted by molar-refractivity contribution is 4.74. The summed E-state index contributed by atoms with van der Waals surface area (Å²) in [6, 6.07) is -0.00278. The van der Waals surface area contributed by atoms with Crippen LogP contribution in [0.25, 0.3) is 0 Å². The van der Waals surface area contributed by atoms with Crippen molar-refractivity contribution in [2.24, 2.45) is 5.92 Å². The normalized spacial score (nSPS) is 16.8. The molecule has 0 aromatic heterocycles. The largest absolute Gasteiger partial charge is 0.415 e. The van der Waals surface area contributed by atoms with Crippen LogP contribution in [0.3, 0.4) is 0 Å². The van der Waals surface area contributed by atoms with Crippen LogP contribution in [0.2, 0.25) is 0 Å². The Hall–Kier alpha value is -0.290. The van der Waals surface area contributed by atoms with Crippen LogP contribution in [-0.4, -0.2) is 30.0 Å². The molecule has 5 heteroatoms. The summed E-state index contributed by atoms with van der Waals surface area (Å²) in [4.78, 5) is 0. The van der Waals surface area contributed by atoms with E-state index in [0.717, 1.165) is 12.8 Å². The molecular weight excluding hydrogens is 207 g/mol. The number of alkyl halides is 3. The lowest BCUT2D eigenvalue weighted by Gasteiger charge is -2.24. The number of aliphatic hydroxyl groups is 1. The molecule has 0 fully saturated rings. The molecule has 0 saturated heterocycles. The Morgan fingerprint density at radius 3 is 2.00 bits per heavy atom. The van der Waals surface area contributed by atoms with E-state index in [9.17, 15) is 13.2 Å². The molecule has 0 spiro atoms. The second kappa shape index (κ2) is 6.33. The van der Waals surface area contributed by atoms with Crippen LogP contribution in [0.15, 0.2) is 0 Å². The molecule has 0 aromatic rings. The predicted molar refractivity (Wildman–Crippen MR) is 53.6 cm³/mol. The summed E-state index contributed by atoms with van der Waals surface area (Å²) in [5.41, 5.74) is 0. The van der Waals surface area contributed by atoms with Gasteiger partial charge in [-0.2, -0.15) is 13.2 Å². The monoisotopic (exact) mass is 227 g/mol. The number of hydrogen-bond acceptors (Lipinski definition) is 2. The predicted octanol–water partition coefficient (Wildman–Crippen LogP) is 2.32. The van der Waals surface area contributed by atoms with Gasteiger partial charge in [0.25, 0.3) is 0 Å². The lowest BCUT2D eigenvalue weighted by atomic mass is 9.95. The summed E-state index contributed by atoms with van der Waals surface area (Å²) >= 11 is 0. The molecule has 0 rings (SSSR count). The first kappa shape index (κ1) is 14.7. The van der Waals surface area contributed by atoms with E-state index in [0.29, 0.717) is 5.92 Å². The minimum atomic E-state index is -4.53. The van der Waals surface area contributed by atoms with Gasteiger partial charge in [-0.3, -0.25) is 0 Å². The van der Waals surface area contributed by atoms with Gasteiger partial charge < -0.3 is 10.4 Å². The van der Waals surface area contributed by atoms with Crippen LogP contribution in [0.1, 0.15) is 33.6 Å². The molecule has 0 aliphatic heterocycles. The van der Waals surface area contributed by atoms with Gasteiger partial charge >= 0.3 is 6.18 Å². The maximum Gasteiger partial charge on any atom is 0.415 e. The highest BCUT2D eigenvalue weighted by Gasteiger charge is 2.38. The number of hydrogen-bond donors (Lipinski definition) is 2. The van der Waals surface area contributed by atoms with E-state index in [2.05, 4.69) is 5.32 Å². The zero-order valence-electron chi connectivity index (χ0n) is 9.43. The van der Waals surface area contributed by atoms with Gasteiger partial charge in [-0.05, 0) is 12.8 Å². The van der Waals surface area contributed by atoms with Gasteiger partial charge in [-0.15, -0.1) is 0 Å². The van der Waals surface area contributed by atoms with Gasteiger partial charge in [0.15, 0.2) is 6.10 Å². The van der Waals surface area contributed by atoms with E-state index in [1.807, 2.05) is 20.8 Å². The van der Waals surface area contributed by atoms with E-state index in [1.165, 1.54) is 0 Å². The van der Waals surface area contributed by atoms with Crippen LogP contribution >= 0.6 is 0 Å². The summed E-state index contributed by atoms with van der Waals surface area (Å²) in [6.07, 6.45) is -4.95. The van der Waals surface area contributed by atoms with Crippen molar-refractivity contribution in [2.75, 3.05) is 6.54 Å². The Balaban J connectivity index is 3.94. The summed E-state index contributed by atoms with van der Waals surface area (Å²) in [5, 5.41) is 11.5. The fourth-order valence-corrected chi connectivity index (χ4v) is 1.58. The van der Waals surface area contributed by atoms with Crippen molar-refractivity contribution in [2.45, 2.75) is 51.9 Å². The quantitative estimate of drug-likeness (QED) is 0.730. The molecule has 0 heterocycles. The Kier molecular flexibility index (Phi) is 6.20. The molecule has 2 nitrogen and oxygen atoms in total. The zero-order chi connectivity index (χ0) is 12.1. The number of nitrogens with one attached hydrogen (secondary N) is 1. The van der Waals surface area contributed by atoms with Crippen molar-refractivity contribution >= 4 is 0 Å². The first-order valence-corrected chi connectivity index (χ1v) is 5.31. The molecule has 0 amide bonds. The van der Waals surface area contributed by atoms with Crippen molar-refractivity contribution in [3.63, 3.8) is 0 Å². The van der Waals surface area contributed by atoms with Crippen LogP contribution in [0.5, 0.6) is 0 Å². The van der Waals surface area contributed by atoms with Crippen molar-refractivity contribution in [3.8, 4) is 0 Å². The summed E-state index contributed by atoms with van der Waals surface area (Å²) in [5.74, 6) is 0.352. The van der Waals surface area contributed by atoms with Gasteiger partial charge in [0.1, 0.15) is 0 Å².